The second-order valence-corrected chi connectivity index (χ2v) is 10.1. The van der Waals surface area contributed by atoms with Crippen molar-refractivity contribution in [2.75, 3.05) is 0 Å². The van der Waals surface area contributed by atoms with Crippen LogP contribution in [0.4, 0.5) is 0 Å². The van der Waals surface area contributed by atoms with E-state index in [2.05, 4.69) is 50.8 Å². The van der Waals surface area contributed by atoms with Crippen molar-refractivity contribution in [1.29, 1.82) is 0 Å². The molecular weight excluding hydrogens is 336 g/mol. The van der Waals surface area contributed by atoms with Crippen LogP contribution in [-0.4, -0.2) is 0 Å². The standard InChI is InChI=1S/C28H44/c1-4-6-8-24-11-17-27(18-12-24)28-19-13-25(14-20-28)21-22(3)26-15-9-23(7-5-2)10-16-26/h4,9-10,15-16,22,24-25,27-28H,1,5-8,11-14,17-21H2,2-3H3/t22-,24?,25?,27?,28?/m1/s1. The molecule has 2 aliphatic rings. The molecule has 156 valence electrons. The van der Waals surface area contributed by atoms with Crippen LogP contribution >= 0.6 is 0 Å². The van der Waals surface area contributed by atoms with E-state index >= 15 is 0 Å². The van der Waals surface area contributed by atoms with E-state index < -0.39 is 0 Å². The summed E-state index contributed by atoms with van der Waals surface area (Å²) in [5.74, 6) is 4.77. The molecule has 0 N–H and O–H groups in total. The van der Waals surface area contributed by atoms with E-state index in [4.69, 9.17) is 0 Å². The van der Waals surface area contributed by atoms with E-state index in [-0.39, 0.29) is 0 Å². The van der Waals surface area contributed by atoms with E-state index in [1.807, 2.05) is 0 Å². The molecule has 0 heterocycles. The third-order valence-electron chi connectivity index (χ3n) is 8.00. The van der Waals surface area contributed by atoms with E-state index in [1.54, 1.807) is 5.56 Å². The predicted octanol–water partition coefficient (Wildman–Crippen LogP) is 8.71. The Bertz CT molecular complexity index is 552. The van der Waals surface area contributed by atoms with Gasteiger partial charge >= 0.3 is 0 Å². The largest absolute Gasteiger partial charge is 0.103 e. The highest BCUT2D eigenvalue weighted by Gasteiger charge is 2.31. The number of hydrogen-bond acceptors (Lipinski definition) is 0. The number of rotatable bonds is 9. The molecule has 0 unspecified atom stereocenters. The molecule has 0 radical (unpaired) electrons. The van der Waals surface area contributed by atoms with Gasteiger partial charge in [0.25, 0.3) is 0 Å². The van der Waals surface area contributed by atoms with Crippen molar-refractivity contribution < 1.29 is 0 Å². The number of hydrogen-bond donors (Lipinski definition) is 0. The molecule has 0 aliphatic heterocycles. The second-order valence-electron chi connectivity index (χ2n) is 10.1. The second kappa shape index (κ2) is 11.2. The lowest BCUT2D eigenvalue weighted by atomic mass is 9.67. The minimum atomic E-state index is 0.720. The zero-order chi connectivity index (χ0) is 19.8. The summed E-state index contributed by atoms with van der Waals surface area (Å²) >= 11 is 0. The molecule has 0 spiro atoms. The van der Waals surface area contributed by atoms with Gasteiger partial charge in [0.15, 0.2) is 0 Å². The summed E-state index contributed by atoms with van der Waals surface area (Å²) in [6, 6.07) is 9.51. The van der Waals surface area contributed by atoms with Gasteiger partial charge in [0.05, 0.1) is 0 Å². The Hall–Kier alpha value is -1.04. The SMILES string of the molecule is C=CCCC1CCC(C2CCC(C[C@@H](C)c3ccc(CCC)cc3)CC2)CC1. The van der Waals surface area contributed by atoms with Gasteiger partial charge in [-0.3, -0.25) is 0 Å². The van der Waals surface area contributed by atoms with Crippen molar-refractivity contribution in [3.63, 3.8) is 0 Å². The third-order valence-corrected chi connectivity index (χ3v) is 8.00. The van der Waals surface area contributed by atoms with Crippen LogP contribution in [0.1, 0.15) is 108 Å². The lowest BCUT2D eigenvalue weighted by Gasteiger charge is -2.38. The maximum atomic E-state index is 3.89. The highest BCUT2D eigenvalue weighted by molar-refractivity contribution is 5.25. The van der Waals surface area contributed by atoms with Crippen LogP contribution in [0.15, 0.2) is 36.9 Å². The minimum absolute atomic E-state index is 0.720. The van der Waals surface area contributed by atoms with Crippen LogP contribution in [0, 0.1) is 23.7 Å². The zero-order valence-electron chi connectivity index (χ0n) is 18.7. The molecule has 3 rings (SSSR count). The average molecular weight is 381 g/mol. The Morgan fingerprint density at radius 1 is 0.893 bits per heavy atom. The smallest absolute Gasteiger partial charge is 0.0188 e. The summed E-state index contributed by atoms with van der Waals surface area (Å²) in [7, 11) is 0. The van der Waals surface area contributed by atoms with Gasteiger partial charge in [-0.25, -0.2) is 0 Å². The van der Waals surface area contributed by atoms with Gasteiger partial charge in [0, 0.05) is 0 Å². The average Bonchev–Trinajstić information content (AvgIpc) is 2.74. The molecule has 0 aromatic heterocycles. The van der Waals surface area contributed by atoms with Crippen molar-refractivity contribution >= 4 is 0 Å². The zero-order valence-corrected chi connectivity index (χ0v) is 18.7. The lowest BCUT2D eigenvalue weighted by Crippen LogP contribution is -2.26. The Balaban J connectivity index is 1.38. The first-order valence-electron chi connectivity index (χ1n) is 12.4. The number of allylic oxidation sites excluding steroid dienone is 1. The van der Waals surface area contributed by atoms with Crippen LogP contribution in [0.2, 0.25) is 0 Å². The van der Waals surface area contributed by atoms with Gasteiger partial charge in [-0.15, -0.1) is 6.58 Å². The summed E-state index contributed by atoms with van der Waals surface area (Å²) in [6.45, 7) is 8.61. The van der Waals surface area contributed by atoms with Crippen molar-refractivity contribution in [1.82, 2.24) is 0 Å². The first-order chi connectivity index (χ1) is 13.7. The van der Waals surface area contributed by atoms with Gasteiger partial charge in [-0.1, -0.05) is 76.3 Å². The highest BCUT2D eigenvalue weighted by atomic mass is 14.4. The summed E-state index contributed by atoms with van der Waals surface area (Å²) in [4.78, 5) is 0. The molecule has 0 nitrogen and oxygen atoms in total. The fraction of sp³-hybridized carbons (Fsp3) is 0.714. The molecule has 2 aliphatic carbocycles. The van der Waals surface area contributed by atoms with Crippen LogP contribution in [-0.2, 0) is 6.42 Å². The summed E-state index contributed by atoms with van der Waals surface area (Å²) in [5.41, 5.74) is 3.05. The maximum Gasteiger partial charge on any atom is -0.0188 e. The fourth-order valence-electron chi connectivity index (χ4n) is 6.13. The Kier molecular flexibility index (Phi) is 8.68. The Morgan fingerprint density at radius 2 is 1.46 bits per heavy atom. The molecule has 1 atom stereocenters. The van der Waals surface area contributed by atoms with Crippen LogP contribution in [0.5, 0.6) is 0 Å². The highest BCUT2D eigenvalue weighted by Crippen LogP contribution is 2.43. The first-order valence-corrected chi connectivity index (χ1v) is 12.4. The summed E-state index contributed by atoms with van der Waals surface area (Å²) in [6.07, 6.45) is 20.6. The Labute approximate surface area is 175 Å². The summed E-state index contributed by atoms with van der Waals surface area (Å²) in [5, 5.41) is 0. The fourth-order valence-corrected chi connectivity index (χ4v) is 6.13. The maximum absolute atomic E-state index is 3.89. The first kappa shape index (κ1) is 21.7. The van der Waals surface area contributed by atoms with E-state index in [0.29, 0.717) is 0 Å². The van der Waals surface area contributed by atoms with Gasteiger partial charge in [-0.2, -0.15) is 0 Å². The van der Waals surface area contributed by atoms with E-state index in [1.165, 1.54) is 89.0 Å². The Morgan fingerprint density at radius 3 is 2.00 bits per heavy atom. The van der Waals surface area contributed by atoms with Gasteiger partial charge < -0.3 is 0 Å². The number of benzene rings is 1. The lowest BCUT2D eigenvalue weighted by molar-refractivity contribution is 0.139. The van der Waals surface area contributed by atoms with Crippen molar-refractivity contribution in [3.05, 3.63) is 48.0 Å². The molecule has 1 aromatic carbocycles. The molecule has 1 aromatic rings. The topological polar surface area (TPSA) is 0 Å². The van der Waals surface area contributed by atoms with Gasteiger partial charge in [0.1, 0.15) is 0 Å². The normalized spacial score (nSPS) is 29.4. The molecule has 2 fully saturated rings. The summed E-state index contributed by atoms with van der Waals surface area (Å²) < 4.78 is 0. The van der Waals surface area contributed by atoms with Crippen molar-refractivity contribution in [2.45, 2.75) is 103 Å². The van der Waals surface area contributed by atoms with E-state index in [9.17, 15) is 0 Å². The van der Waals surface area contributed by atoms with E-state index in [0.717, 1.165) is 29.6 Å². The van der Waals surface area contributed by atoms with Gasteiger partial charge in [-0.05, 0) is 92.1 Å². The number of aryl methyl sites for hydroxylation is 1. The van der Waals surface area contributed by atoms with Crippen molar-refractivity contribution in [2.24, 2.45) is 23.7 Å². The van der Waals surface area contributed by atoms with Crippen LogP contribution in [0.3, 0.4) is 0 Å². The molecule has 0 amide bonds. The molecule has 0 heteroatoms. The minimum Gasteiger partial charge on any atom is -0.103 e. The van der Waals surface area contributed by atoms with Crippen LogP contribution in [0.25, 0.3) is 0 Å². The molecule has 2 saturated carbocycles. The quantitative estimate of drug-likeness (QED) is 0.376. The molecule has 28 heavy (non-hydrogen) atoms. The monoisotopic (exact) mass is 380 g/mol. The molecular formula is C28H44. The third kappa shape index (κ3) is 6.23. The molecule has 0 bridgehead atoms. The van der Waals surface area contributed by atoms with Gasteiger partial charge in [0.2, 0.25) is 0 Å². The molecule has 0 saturated heterocycles. The predicted molar refractivity (Wildman–Crippen MR) is 124 cm³/mol. The van der Waals surface area contributed by atoms with Crippen molar-refractivity contribution in [3.8, 4) is 0 Å². The van der Waals surface area contributed by atoms with Crippen LogP contribution < -0.4 is 0 Å².